The topological polar surface area (TPSA) is 74.2 Å². The lowest BCUT2D eigenvalue weighted by Crippen LogP contribution is -2.16. The van der Waals surface area contributed by atoms with E-state index in [0.717, 1.165) is 11.4 Å². The number of nitrogens with zero attached hydrogens (tertiary/aromatic N) is 1. The number of amides is 1. The van der Waals surface area contributed by atoms with Crippen LogP contribution < -0.4 is 15.4 Å². The quantitative estimate of drug-likeness (QED) is 0.859. The van der Waals surface area contributed by atoms with Crippen molar-refractivity contribution >= 4 is 17.3 Å². The van der Waals surface area contributed by atoms with E-state index in [4.69, 9.17) is 10.00 Å². The van der Waals surface area contributed by atoms with Gasteiger partial charge in [0.2, 0.25) is 5.91 Å². The van der Waals surface area contributed by atoms with Gasteiger partial charge in [0.05, 0.1) is 18.7 Å². The van der Waals surface area contributed by atoms with Crippen molar-refractivity contribution in [3.8, 4) is 11.8 Å². The predicted octanol–water partition coefficient (Wildman–Crippen LogP) is 3.01. The van der Waals surface area contributed by atoms with Gasteiger partial charge in [-0.15, -0.1) is 0 Å². The van der Waals surface area contributed by atoms with Gasteiger partial charge in [0.1, 0.15) is 5.75 Å². The summed E-state index contributed by atoms with van der Waals surface area (Å²) in [6.45, 7) is 0.524. The molecule has 2 rings (SSSR count). The van der Waals surface area contributed by atoms with Crippen LogP contribution in [0.15, 0.2) is 48.5 Å². The fraction of sp³-hybridized carbons (Fsp3) is 0.176. The van der Waals surface area contributed by atoms with Crippen molar-refractivity contribution in [3.63, 3.8) is 0 Å². The second-order valence-electron chi connectivity index (χ2n) is 4.65. The summed E-state index contributed by atoms with van der Waals surface area (Å²) in [6.07, 6.45) is 0.336. The van der Waals surface area contributed by atoms with Crippen LogP contribution in [-0.2, 0) is 4.79 Å². The Morgan fingerprint density at radius 2 is 1.95 bits per heavy atom. The van der Waals surface area contributed by atoms with Gasteiger partial charge < -0.3 is 15.4 Å². The number of ether oxygens (including phenoxy) is 1. The molecule has 2 N–H and O–H groups in total. The van der Waals surface area contributed by atoms with Crippen molar-refractivity contribution in [2.45, 2.75) is 6.42 Å². The van der Waals surface area contributed by atoms with Crippen molar-refractivity contribution in [2.24, 2.45) is 0 Å². The first-order chi connectivity index (χ1) is 10.7. The summed E-state index contributed by atoms with van der Waals surface area (Å²) in [7, 11) is 1.62. The molecule has 0 unspecified atom stereocenters. The molecule has 2 aromatic carbocycles. The van der Waals surface area contributed by atoms with Gasteiger partial charge in [0.25, 0.3) is 0 Å². The summed E-state index contributed by atoms with van der Waals surface area (Å²) in [6, 6.07) is 16.4. The number of nitriles is 1. The number of carbonyl (C=O) groups is 1. The minimum atomic E-state index is -0.101. The van der Waals surface area contributed by atoms with Crippen LogP contribution in [0, 0.1) is 11.3 Å². The molecule has 0 bridgehead atoms. The normalized spacial score (nSPS) is 9.64. The Hall–Kier alpha value is -3.00. The Morgan fingerprint density at radius 3 is 2.64 bits per heavy atom. The molecule has 112 valence electrons. The molecule has 0 radical (unpaired) electrons. The van der Waals surface area contributed by atoms with E-state index in [1.165, 1.54) is 0 Å². The van der Waals surface area contributed by atoms with Crippen LogP contribution in [0.4, 0.5) is 11.4 Å². The van der Waals surface area contributed by atoms with E-state index in [0.29, 0.717) is 24.2 Å². The number of hydrogen-bond acceptors (Lipinski definition) is 4. The molecule has 0 aromatic heterocycles. The van der Waals surface area contributed by atoms with Crippen molar-refractivity contribution in [1.29, 1.82) is 5.26 Å². The highest BCUT2D eigenvalue weighted by Gasteiger charge is 2.03. The molecule has 5 heteroatoms. The van der Waals surface area contributed by atoms with Gasteiger partial charge in [-0.25, -0.2) is 0 Å². The van der Waals surface area contributed by atoms with E-state index >= 15 is 0 Å². The van der Waals surface area contributed by atoms with E-state index < -0.39 is 0 Å². The Bertz CT molecular complexity index is 675. The maximum Gasteiger partial charge on any atom is 0.226 e. The van der Waals surface area contributed by atoms with Crippen LogP contribution in [0.3, 0.4) is 0 Å². The first-order valence-electron chi connectivity index (χ1n) is 6.89. The lowest BCUT2D eigenvalue weighted by Gasteiger charge is -2.08. The summed E-state index contributed by atoms with van der Waals surface area (Å²) in [5, 5.41) is 14.8. The highest BCUT2D eigenvalue weighted by molar-refractivity contribution is 5.91. The van der Waals surface area contributed by atoms with Gasteiger partial charge in [0, 0.05) is 24.3 Å². The third-order valence-corrected chi connectivity index (χ3v) is 3.05. The Morgan fingerprint density at radius 1 is 1.18 bits per heavy atom. The molecule has 0 aliphatic carbocycles. The molecule has 0 saturated heterocycles. The van der Waals surface area contributed by atoms with E-state index in [1.807, 2.05) is 30.3 Å². The number of hydrogen-bond donors (Lipinski definition) is 2. The SMILES string of the molecule is COc1ccc(NCCC(=O)Nc2cccc(C#N)c2)cc1. The van der Waals surface area contributed by atoms with Crippen LogP contribution in [-0.4, -0.2) is 19.6 Å². The molecule has 5 nitrogen and oxygen atoms in total. The first kappa shape index (κ1) is 15.4. The molecular weight excluding hydrogens is 278 g/mol. The summed E-state index contributed by atoms with van der Waals surface area (Å²) in [4.78, 5) is 11.8. The van der Waals surface area contributed by atoms with Crippen molar-refractivity contribution in [2.75, 3.05) is 24.3 Å². The van der Waals surface area contributed by atoms with Gasteiger partial charge in [-0.2, -0.15) is 5.26 Å². The third kappa shape index (κ3) is 4.53. The predicted molar refractivity (Wildman–Crippen MR) is 85.9 cm³/mol. The van der Waals surface area contributed by atoms with Crippen molar-refractivity contribution in [3.05, 3.63) is 54.1 Å². The Kier molecular flexibility index (Phi) is 5.38. The molecule has 0 aliphatic rings. The first-order valence-corrected chi connectivity index (χ1v) is 6.89. The molecule has 0 atom stereocenters. The molecular formula is C17H17N3O2. The highest BCUT2D eigenvalue weighted by atomic mass is 16.5. The van der Waals surface area contributed by atoms with Crippen LogP contribution in [0.5, 0.6) is 5.75 Å². The fourth-order valence-electron chi connectivity index (χ4n) is 1.92. The van der Waals surface area contributed by atoms with E-state index in [2.05, 4.69) is 10.6 Å². The zero-order chi connectivity index (χ0) is 15.8. The summed E-state index contributed by atoms with van der Waals surface area (Å²) in [5.41, 5.74) is 2.09. The van der Waals surface area contributed by atoms with Crippen LogP contribution in [0.1, 0.15) is 12.0 Å². The Balaban J connectivity index is 1.78. The standard InChI is InChI=1S/C17H17N3O2/c1-22-16-7-5-14(6-8-16)19-10-9-17(21)20-15-4-2-3-13(11-15)12-18/h2-8,11,19H,9-10H2,1H3,(H,20,21). The number of carbonyl (C=O) groups excluding carboxylic acids is 1. The molecule has 0 heterocycles. The highest BCUT2D eigenvalue weighted by Crippen LogP contribution is 2.15. The lowest BCUT2D eigenvalue weighted by atomic mass is 10.2. The molecule has 22 heavy (non-hydrogen) atoms. The van der Waals surface area contributed by atoms with Gasteiger partial charge in [-0.05, 0) is 42.5 Å². The average Bonchev–Trinajstić information content (AvgIpc) is 2.55. The van der Waals surface area contributed by atoms with Gasteiger partial charge in [0.15, 0.2) is 0 Å². The zero-order valence-electron chi connectivity index (χ0n) is 12.3. The summed E-state index contributed by atoms with van der Waals surface area (Å²) in [5.74, 6) is 0.691. The number of benzene rings is 2. The lowest BCUT2D eigenvalue weighted by molar-refractivity contribution is -0.115. The fourth-order valence-corrected chi connectivity index (χ4v) is 1.92. The van der Waals surface area contributed by atoms with E-state index in [-0.39, 0.29) is 5.91 Å². The molecule has 1 amide bonds. The molecule has 0 spiro atoms. The number of nitrogens with one attached hydrogen (secondary N) is 2. The van der Waals surface area contributed by atoms with Crippen molar-refractivity contribution < 1.29 is 9.53 Å². The molecule has 0 aliphatic heterocycles. The van der Waals surface area contributed by atoms with Crippen LogP contribution >= 0.6 is 0 Å². The Labute approximate surface area is 129 Å². The molecule has 0 saturated carbocycles. The monoisotopic (exact) mass is 295 g/mol. The molecule has 0 fully saturated rings. The summed E-state index contributed by atoms with van der Waals surface area (Å²) < 4.78 is 5.08. The largest absolute Gasteiger partial charge is 0.497 e. The number of methoxy groups -OCH3 is 1. The third-order valence-electron chi connectivity index (χ3n) is 3.05. The minimum absolute atomic E-state index is 0.101. The minimum Gasteiger partial charge on any atom is -0.497 e. The number of rotatable bonds is 6. The van der Waals surface area contributed by atoms with Gasteiger partial charge in [-0.1, -0.05) is 6.07 Å². The second-order valence-corrected chi connectivity index (χ2v) is 4.65. The van der Waals surface area contributed by atoms with Gasteiger partial charge in [-0.3, -0.25) is 4.79 Å². The van der Waals surface area contributed by atoms with Gasteiger partial charge >= 0.3 is 0 Å². The summed E-state index contributed by atoms with van der Waals surface area (Å²) >= 11 is 0. The second kappa shape index (κ2) is 7.70. The van der Waals surface area contributed by atoms with Crippen LogP contribution in [0.25, 0.3) is 0 Å². The van der Waals surface area contributed by atoms with E-state index in [9.17, 15) is 4.79 Å². The maximum absolute atomic E-state index is 11.8. The average molecular weight is 295 g/mol. The number of anilines is 2. The van der Waals surface area contributed by atoms with Crippen molar-refractivity contribution in [1.82, 2.24) is 0 Å². The maximum atomic E-state index is 11.8. The molecule has 2 aromatic rings. The zero-order valence-corrected chi connectivity index (χ0v) is 12.3. The van der Waals surface area contributed by atoms with E-state index in [1.54, 1.807) is 31.4 Å². The smallest absolute Gasteiger partial charge is 0.226 e. The van der Waals surface area contributed by atoms with Crippen LogP contribution in [0.2, 0.25) is 0 Å².